The van der Waals surface area contributed by atoms with Crippen LogP contribution in [0.5, 0.6) is 11.5 Å². The Hall–Kier alpha value is -4.05. The summed E-state index contributed by atoms with van der Waals surface area (Å²) in [5.41, 5.74) is 0.375. The molecule has 4 heterocycles. The molecule has 38 heavy (non-hydrogen) atoms. The minimum atomic E-state index is -0.765. The average molecular weight is 534 g/mol. The lowest BCUT2D eigenvalue weighted by Gasteiger charge is -2.36. The van der Waals surface area contributed by atoms with E-state index in [1.54, 1.807) is 23.5 Å². The maximum Gasteiger partial charge on any atom is 0.353 e. The summed E-state index contributed by atoms with van der Waals surface area (Å²) < 4.78 is 27.2. The maximum absolute atomic E-state index is 13.8. The van der Waals surface area contributed by atoms with Gasteiger partial charge in [-0.25, -0.2) is 14.2 Å². The number of amides is 1. The number of ether oxygens (including phenoxy) is 1. The summed E-state index contributed by atoms with van der Waals surface area (Å²) >= 11 is 0.860. The van der Waals surface area contributed by atoms with Gasteiger partial charge in [-0.1, -0.05) is 31.7 Å². The second-order valence-corrected chi connectivity index (χ2v) is 11.0. The van der Waals surface area contributed by atoms with Gasteiger partial charge >= 0.3 is 5.63 Å². The van der Waals surface area contributed by atoms with Gasteiger partial charge in [0.05, 0.1) is 18.9 Å². The molecular formula is C28H24FN3O5S. The van der Waals surface area contributed by atoms with Crippen LogP contribution in [0.2, 0.25) is 0 Å². The highest BCUT2D eigenvalue weighted by molar-refractivity contribution is 7.99. The number of imidazole rings is 1. The van der Waals surface area contributed by atoms with Gasteiger partial charge < -0.3 is 23.7 Å². The SMILES string of the molecule is CC1(C)c2cc(OCCn3ccnc3)ccc2N2C(=O)c3c(oc(=O)c(Sc4cccc(F)c4)c3O)CC21. The molecule has 0 aliphatic carbocycles. The number of carbonyl (C=O) groups excluding carboxylic acids is 1. The topological polar surface area (TPSA) is 97.8 Å². The van der Waals surface area contributed by atoms with Crippen molar-refractivity contribution in [2.75, 3.05) is 11.5 Å². The fourth-order valence-electron chi connectivity index (χ4n) is 5.24. The van der Waals surface area contributed by atoms with E-state index >= 15 is 0 Å². The third-order valence-corrected chi connectivity index (χ3v) is 8.26. The standard InChI is InChI=1S/C28H24FN3O5S/c1-28(2)19-13-17(36-11-10-31-9-8-30-15-31)6-7-20(19)32-22(28)14-21-23(26(32)34)24(33)25(27(35)37-21)38-18-5-3-4-16(29)12-18/h3-9,12-13,15,22,33H,10-11,14H2,1-2H3. The smallest absolute Gasteiger partial charge is 0.353 e. The molecule has 2 aromatic carbocycles. The number of nitrogens with zero attached hydrogens (tertiary/aromatic N) is 3. The molecule has 0 spiro atoms. The first kappa shape index (κ1) is 24.3. The fraction of sp³-hybridized carbons (Fsp3) is 0.250. The van der Waals surface area contributed by atoms with E-state index in [9.17, 15) is 19.1 Å². The van der Waals surface area contributed by atoms with Crippen LogP contribution in [0.3, 0.4) is 0 Å². The number of carbonyl (C=O) groups is 1. The summed E-state index contributed by atoms with van der Waals surface area (Å²) in [6.07, 6.45) is 5.57. The van der Waals surface area contributed by atoms with Crippen LogP contribution in [-0.4, -0.2) is 33.2 Å². The molecule has 10 heteroatoms. The van der Waals surface area contributed by atoms with Crippen LogP contribution in [0.1, 0.15) is 35.5 Å². The molecule has 0 fully saturated rings. The Morgan fingerprint density at radius 3 is 2.84 bits per heavy atom. The van der Waals surface area contributed by atoms with Crippen LogP contribution in [0.4, 0.5) is 10.1 Å². The highest BCUT2D eigenvalue weighted by atomic mass is 32.2. The molecule has 2 aliphatic heterocycles. The number of aromatic nitrogens is 2. The van der Waals surface area contributed by atoms with Crippen molar-refractivity contribution in [2.24, 2.45) is 0 Å². The van der Waals surface area contributed by atoms with Gasteiger partial charge in [0.25, 0.3) is 5.91 Å². The normalized spacial score (nSPS) is 17.2. The Labute approximate surface area is 221 Å². The van der Waals surface area contributed by atoms with Crippen molar-refractivity contribution in [3.63, 3.8) is 0 Å². The third-order valence-electron chi connectivity index (χ3n) is 7.20. The predicted molar refractivity (Wildman–Crippen MR) is 139 cm³/mol. The molecule has 0 saturated heterocycles. The van der Waals surface area contributed by atoms with Crippen LogP contribution in [0.25, 0.3) is 0 Å². The van der Waals surface area contributed by atoms with Gasteiger partial charge in [0.2, 0.25) is 0 Å². The van der Waals surface area contributed by atoms with Crippen LogP contribution in [0.15, 0.2) is 80.2 Å². The average Bonchev–Trinajstić information content (AvgIpc) is 3.47. The van der Waals surface area contributed by atoms with E-state index in [-0.39, 0.29) is 28.7 Å². The first-order chi connectivity index (χ1) is 18.2. The van der Waals surface area contributed by atoms with Crippen molar-refractivity contribution < 1.29 is 23.4 Å². The first-order valence-corrected chi connectivity index (χ1v) is 12.9. The number of rotatable bonds is 6. The van der Waals surface area contributed by atoms with Crippen LogP contribution >= 0.6 is 11.8 Å². The lowest BCUT2D eigenvalue weighted by molar-refractivity contribution is 0.0948. The van der Waals surface area contributed by atoms with Gasteiger partial charge in [0.1, 0.15) is 34.4 Å². The van der Waals surface area contributed by atoms with Gasteiger partial charge in [0.15, 0.2) is 5.75 Å². The zero-order chi connectivity index (χ0) is 26.6. The number of fused-ring (bicyclic) bond motifs is 4. The molecule has 0 saturated carbocycles. The molecule has 1 N–H and O–H groups in total. The van der Waals surface area contributed by atoms with Crippen molar-refractivity contribution in [1.29, 1.82) is 0 Å². The molecule has 6 rings (SSSR count). The number of hydrogen-bond acceptors (Lipinski definition) is 7. The summed E-state index contributed by atoms with van der Waals surface area (Å²) in [5.74, 6) is -0.527. The van der Waals surface area contributed by atoms with E-state index in [4.69, 9.17) is 9.15 Å². The number of aromatic hydroxyl groups is 1. The Morgan fingerprint density at radius 2 is 2.08 bits per heavy atom. The maximum atomic E-state index is 13.8. The van der Waals surface area contributed by atoms with Crippen molar-refractivity contribution in [2.45, 2.75) is 48.1 Å². The summed E-state index contributed by atoms with van der Waals surface area (Å²) in [7, 11) is 0. The second kappa shape index (κ2) is 9.05. The van der Waals surface area contributed by atoms with Crippen molar-refractivity contribution in [3.05, 3.63) is 94.3 Å². The highest BCUT2D eigenvalue weighted by Crippen LogP contribution is 2.51. The highest BCUT2D eigenvalue weighted by Gasteiger charge is 2.52. The van der Waals surface area contributed by atoms with E-state index in [0.717, 1.165) is 23.0 Å². The zero-order valence-electron chi connectivity index (χ0n) is 20.7. The molecule has 1 unspecified atom stereocenters. The van der Waals surface area contributed by atoms with Crippen molar-refractivity contribution in [1.82, 2.24) is 9.55 Å². The Kier molecular flexibility index (Phi) is 5.79. The van der Waals surface area contributed by atoms with E-state index in [1.165, 1.54) is 18.2 Å². The molecule has 0 bridgehead atoms. The monoisotopic (exact) mass is 533 g/mol. The summed E-state index contributed by atoms with van der Waals surface area (Å²) in [5, 5.41) is 11.1. The summed E-state index contributed by atoms with van der Waals surface area (Å²) in [4.78, 5) is 32.6. The van der Waals surface area contributed by atoms with E-state index in [1.807, 2.05) is 42.8 Å². The van der Waals surface area contributed by atoms with Crippen LogP contribution in [0, 0.1) is 5.82 Å². The minimum Gasteiger partial charge on any atom is -0.506 e. The van der Waals surface area contributed by atoms with Crippen molar-refractivity contribution in [3.8, 4) is 11.5 Å². The number of halogens is 1. The molecule has 2 aromatic heterocycles. The quantitative estimate of drug-likeness (QED) is 0.381. The van der Waals surface area contributed by atoms with Gasteiger partial charge in [0, 0.05) is 34.8 Å². The second-order valence-electron chi connectivity index (χ2n) is 9.87. The molecule has 0 radical (unpaired) electrons. The van der Waals surface area contributed by atoms with Gasteiger partial charge in [-0.05, 0) is 42.0 Å². The minimum absolute atomic E-state index is 0.0379. The Balaban J connectivity index is 1.33. The summed E-state index contributed by atoms with van der Waals surface area (Å²) in [6.45, 7) is 5.18. The van der Waals surface area contributed by atoms with Gasteiger partial charge in [-0.15, -0.1) is 0 Å². The van der Waals surface area contributed by atoms with E-state index in [2.05, 4.69) is 4.98 Å². The van der Waals surface area contributed by atoms with Crippen LogP contribution in [-0.2, 0) is 18.4 Å². The van der Waals surface area contributed by atoms with Crippen LogP contribution < -0.4 is 15.3 Å². The molecule has 1 amide bonds. The predicted octanol–water partition coefficient (Wildman–Crippen LogP) is 4.77. The van der Waals surface area contributed by atoms with Gasteiger partial charge in [-0.3, -0.25) is 4.79 Å². The lowest BCUT2D eigenvalue weighted by Crippen LogP contribution is -2.50. The van der Waals surface area contributed by atoms with Crippen molar-refractivity contribution >= 4 is 23.4 Å². The van der Waals surface area contributed by atoms with E-state index < -0.39 is 28.5 Å². The van der Waals surface area contributed by atoms with E-state index in [0.29, 0.717) is 23.8 Å². The molecule has 4 aromatic rings. The first-order valence-electron chi connectivity index (χ1n) is 12.1. The largest absolute Gasteiger partial charge is 0.506 e. The number of benzene rings is 2. The molecule has 2 aliphatic rings. The fourth-order valence-corrected chi connectivity index (χ4v) is 6.11. The third kappa shape index (κ3) is 3.96. The zero-order valence-corrected chi connectivity index (χ0v) is 21.5. The number of hydrogen-bond donors (Lipinski definition) is 1. The summed E-state index contributed by atoms with van der Waals surface area (Å²) in [6, 6.07) is 10.9. The Bertz CT molecular complexity index is 1620. The Morgan fingerprint density at radius 1 is 1.24 bits per heavy atom. The molecule has 1 atom stereocenters. The van der Waals surface area contributed by atoms with Gasteiger partial charge in [-0.2, -0.15) is 0 Å². The molecule has 194 valence electrons. The number of anilines is 1. The lowest BCUT2D eigenvalue weighted by atomic mass is 9.77. The molecule has 8 nitrogen and oxygen atoms in total. The molecular weight excluding hydrogens is 509 g/mol.